The summed E-state index contributed by atoms with van der Waals surface area (Å²) < 4.78 is 29.0. The molecule has 1 aliphatic rings. The Hall–Kier alpha value is -1.36. The van der Waals surface area contributed by atoms with Gasteiger partial charge in [0.1, 0.15) is 4.90 Å². The van der Waals surface area contributed by atoms with E-state index in [0.717, 1.165) is 37.0 Å². The van der Waals surface area contributed by atoms with Crippen molar-refractivity contribution in [1.82, 2.24) is 0 Å². The van der Waals surface area contributed by atoms with E-state index in [1.165, 1.54) is 0 Å². The Kier molecular flexibility index (Phi) is 4.95. The van der Waals surface area contributed by atoms with E-state index in [0.29, 0.717) is 11.3 Å². The fraction of sp³-hybridized carbons (Fsp3) is 0.588. The molecule has 4 nitrogen and oxygen atoms in total. The third-order valence-corrected chi connectivity index (χ3v) is 5.48. The number of hydrogen-bond acceptors (Lipinski definition) is 4. The average Bonchev–Trinajstić information content (AvgIpc) is 2.45. The molecule has 0 aromatic heterocycles. The average molecular weight is 323 g/mol. The molecule has 1 saturated carbocycles. The molecule has 122 valence electrons. The van der Waals surface area contributed by atoms with Gasteiger partial charge < -0.3 is 0 Å². The first-order valence-electron chi connectivity index (χ1n) is 7.74. The van der Waals surface area contributed by atoms with Crippen LogP contribution in [-0.2, 0) is 14.4 Å². The summed E-state index contributed by atoms with van der Waals surface area (Å²) in [6, 6.07) is 6.58. The molecule has 0 heterocycles. The monoisotopic (exact) mass is 323 g/mol. The maximum Gasteiger partial charge on any atom is 0.358 e. The molecule has 1 fully saturated rings. The van der Waals surface area contributed by atoms with Crippen molar-refractivity contribution in [3.05, 3.63) is 29.8 Å². The van der Waals surface area contributed by atoms with E-state index in [1.54, 1.807) is 24.3 Å². The zero-order valence-corrected chi connectivity index (χ0v) is 14.6. The van der Waals surface area contributed by atoms with Crippen molar-refractivity contribution < 1.29 is 12.7 Å². The Balaban J connectivity index is 1.99. The van der Waals surface area contributed by atoms with Gasteiger partial charge in [0.15, 0.2) is 0 Å². The van der Waals surface area contributed by atoms with Crippen molar-refractivity contribution in [3.63, 3.8) is 0 Å². The zero-order valence-electron chi connectivity index (χ0n) is 13.8. The van der Waals surface area contributed by atoms with Crippen LogP contribution in [0.25, 0.3) is 0 Å². The number of hydrogen-bond donors (Lipinski definition) is 0. The van der Waals surface area contributed by atoms with Gasteiger partial charge in [-0.05, 0) is 56.1 Å². The minimum absolute atomic E-state index is 0.144. The first kappa shape index (κ1) is 17.0. The van der Waals surface area contributed by atoms with Crippen LogP contribution >= 0.6 is 0 Å². The van der Waals surface area contributed by atoms with Crippen LogP contribution in [0.3, 0.4) is 0 Å². The van der Waals surface area contributed by atoms with Gasteiger partial charge in [-0.15, -0.1) is 0 Å². The predicted molar refractivity (Wildman–Crippen MR) is 88.3 cm³/mol. The van der Waals surface area contributed by atoms with Crippen molar-refractivity contribution in [2.75, 3.05) is 0 Å². The molecule has 0 saturated heterocycles. The lowest BCUT2D eigenvalue weighted by molar-refractivity contribution is 0.206. The fourth-order valence-electron chi connectivity index (χ4n) is 2.76. The summed E-state index contributed by atoms with van der Waals surface area (Å²) >= 11 is 0. The Bertz CT molecular complexity index is 629. The molecule has 0 unspecified atom stereocenters. The van der Waals surface area contributed by atoms with Crippen LogP contribution in [0.15, 0.2) is 34.3 Å². The standard InChI is InChI=1S/C17H25NO3S/c1-13-5-11-16(12-6-13)22(19,20)21-18-15-9-7-14(8-10-15)17(2,3)4/h5-6,11-12,14H,7-10H2,1-4H3. The summed E-state index contributed by atoms with van der Waals surface area (Å²) in [4.78, 5) is 0.144. The first-order valence-corrected chi connectivity index (χ1v) is 9.15. The van der Waals surface area contributed by atoms with E-state index in [1.807, 2.05) is 6.92 Å². The summed E-state index contributed by atoms with van der Waals surface area (Å²) in [5.41, 5.74) is 2.14. The van der Waals surface area contributed by atoms with Crippen molar-refractivity contribution in [3.8, 4) is 0 Å². The van der Waals surface area contributed by atoms with Gasteiger partial charge in [0, 0.05) is 0 Å². The molecule has 0 radical (unpaired) electrons. The lowest BCUT2D eigenvalue weighted by atomic mass is 9.72. The third-order valence-electron chi connectivity index (χ3n) is 4.36. The maximum absolute atomic E-state index is 12.1. The second kappa shape index (κ2) is 6.41. The number of nitrogens with zero attached hydrogens (tertiary/aromatic N) is 1. The molecule has 5 heteroatoms. The van der Waals surface area contributed by atoms with Crippen LogP contribution in [0.1, 0.15) is 52.0 Å². The highest BCUT2D eigenvalue weighted by atomic mass is 32.2. The molecule has 0 bridgehead atoms. The van der Waals surface area contributed by atoms with E-state index in [2.05, 4.69) is 25.9 Å². The Morgan fingerprint density at radius 3 is 2.14 bits per heavy atom. The van der Waals surface area contributed by atoms with Gasteiger partial charge in [0.25, 0.3) is 0 Å². The number of oxime groups is 1. The Morgan fingerprint density at radius 2 is 1.64 bits per heavy atom. The van der Waals surface area contributed by atoms with Gasteiger partial charge in [0.2, 0.25) is 0 Å². The molecule has 0 atom stereocenters. The Labute approximate surface area is 133 Å². The molecule has 2 rings (SSSR count). The number of aryl methyl sites for hydroxylation is 1. The number of benzene rings is 1. The van der Waals surface area contributed by atoms with E-state index in [9.17, 15) is 8.42 Å². The second-order valence-corrected chi connectivity index (χ2v) is 8.67. The molecule has 1 aliphatic carbocycles. The van der Waals surface area contributed by atoms with Crippen molar-refractivity contribution >= 4 is 15.8 Å². The second-order valence-electron chi connectivity index (χ2n) is 7.14. The van der Waals surface area contributed by atoms with Crippen LogP contribution in [0.5, 0.6) is 0 Å². The summed E-state index contributed by atoms with van der Waals surface area (Å²) in [6.07, 6.45) is 3.70. The summed E-state index contributed by atoms with van der Waals surface area (Å²) in [5, 5.41) is 3.90. The van der Waals surface area contributed by atoms with Gasteiger partial charge in [-0.25, -0.2) is 0 Å². The lowest BCUT2D eigenvalue weighted by Gasteiger charge is -2.33. The van der Waals surface area contributed by atoms with Gasteiger partial charge in [-0.1, -0.05) is 43.6 Å². The third kappa shape index (κ3) is 4.32. The van der Waals surface area contributed by atoms with Gasteiger partial charge in [-0.3, -0.25) is 4.28 Å². The van der Waals surface area contributed by atoms with Crippen molar-refractivity contribution in [1.29, 1.82) is 0 Å². The molecule has 1 aromatic rings. The molecular formula is C17H25NO3S. The fourth-order valence-corrected chi connectivity index (χ4v) is 3.52. The van der Waals surface area contributed by atoms with Crippen molar-refractivity contribution in [2.24, 2.45) is 16.5 Å². The number of rotatable bonds is 3. The Morgan fingerprint density at radius 1 is 1.09 bits per heavy atom. The van der Waals surface area contributed by atoms with E-state index < -0.39 is 10.1 Å². The smallest absolute Gasteiger partial charge is 0.265 e. The molecule has 0 N–H and O–H groups in total. The van der Waals surface area contributed by atoms with Crippen LogP contribution in [0.2, 0.25) is 0 Å². The zero-order chi connectivity index (χ0) is 16.4. The van der Waals surface area contributed by atoms with Gasteiger partial charge >= 0.3 is 10.1 Å². The minimum atomic E-state index is -3.81. The predicted octanol–water partition coefficient (Wildman–Crippen LogP) is 4.29. The van der Waals surface area contributed by atoms with E-state index in [-0.39, 0.29) is 4.90 Å². The molecule has 1 aromatic carbocycles. The molecule has 0 aliphatic heterocycles. The molecule has 0 spiro atoms. The normalized spacial score (nSPS) is 19.8. The highest BCUT2D eigenvalue weighted by molar-refractivity contribution is 7.86. The van der Waals surface area contributed by atoms with Crippen molar-refractivity contribution in [2.45, 2.75) is 58.3 Å². The van der Waals surface area contributed by atoms with Crippen LogP contribution in [0.4, 0.5) is 0 Å². The molecule has 22 heavy (non-hydrogen) atoms. The van der Waals surface area contributed by atoms with E-state index in [4.69, 9.17) is 4.28 Å². The van der Waals surface area contributed by atoms with Crippen LogP contribution in [0, 0.1) is 18.3 Å². The molecular weight excluding hydrogens is 298 g/mol. The lowest BCUT2D eigenvalue weighted by Crippen LogP contribution is -2.26. The van der Waals surface area contributed by atoms with Gasteiger partial charge in [0.05, 0.1) is 5.71 Å². The highest BCUT2D eigenvalue weighted by Crippen LogP contribution is 2.37. The summed E-state index contributed by atoms with van der Waals surface area (Å²) in [6.45, 7) is 8.65. The largest absolute Gasteiger partial charge is 0.358 e. The van der Waals surface area contributed by atoms with Crippen LogP contribution in [-0.4, -0.2) is 14.1 Å². The minimum Gasteiger partial charge on any atom is -0.265 e. The quantitative estimate of drug-likeness (QED) is 0.780. The van der Waals surface area contributed by atoms with Crippen LogP contribution < -0.4 is 0 Å². The van der Waals surface area contributed by atoms with E-state index >= 15 is 0 Å². The first-order chi connectivity index (χ1) is 10.2. The molecule has 0 amide bonds. The van der Waals surface area contributed by atoms with Gasteiger partial charge in [-0.2, -0.15) is 8.42 Å². The SMILES string of the molecule is Cc1ccc(S(=O)(=O)ON=C2CCC(C(C)(C)C)CC2)cc1. The summed E-state index contributed by atoms with van der Waals surface area (Å²) in [5.74, 6) is 0.653. The summed E-state index contributed by atoms with van der Waals surface area (Å²) in [7, 11) is -3.81. The maximum atomic E-state index is 12.1. The topological polar surface area (TPSA) is 55.7 Å². The highest BCUT2D eigenvalue weighted by Gasteiger charge is 2.28.